The maximum atomic E-state index is 12.1. The van der Waals surface area contributed by atoms with Gasteiger partial charge in [0.15, 0.2) is 0 Å². The van der Waals surface area contributed by atoms with Crippen molar-refractivity contribution >= 4 is 23.4 Å². The van der Waals surface area contributed by atoms with E-state index >= 15 is 0 Å². The zero-order valence-electron chi connectivity index (χ0n) is 11.4. The van der Waals surface area contributed by atoms with Crippen LogP contribution in [0, 0.1) is 0 Å². The maximum absolute atomic E-state index is 12.1. The Morgan fingerprint density at radius 3 is 2.71 bits per heavy atom. The largest absolute Gasteiger partial charge is 0.457 e. The molecule has 0 saturated carbocycles. The van der Waals surface area contributed by atoms with Crippen molar-refractivity contribution in [2.75, 3.05) is 16.9 Å². The van der Waals surface area contributed by atoms with Crippen LogP contribution in [0.3, 0.4) is 0 Å². The molecular weight excluding hydrogens is 284 g/mol. The van der Waals surface area contributed by atoms with Gasteiger partial charge >= 0.3 is 0 Å². The van der Waals surface area contributed by atoms with Crippen LogP contribution in [0.4, 0.5) is 5.69 Å². The molecule has 108 valence electrons. The second-order valence-corrected chi connectivity index (χ2v) is 5.73. The number of carbonyl (C=O) groups excluding carboxylic acids is 1. The summed E-state index contributed by atoms with van der Waals surface area (Å²) in [5, 5.41) is 6.07. The van der Waals surface area contributed by atoms with Gasteiger partial charge in [-0.15, -0.1) is 11.8 Å². The summed E-state index contributed by atoms with van der Waals surface area (Å²) in [5.41, 5.74) is 0.743. The van der Waals surface area contributed by atoms with Crippen LogP contribution in [-0.2, 0) is 4.79 Å². The molecule has 0 bridgehead atoms. The normalized spacial score (nSPS) is 17.4. The van der Waals surface area contributed by atoms with Crippen LogP contribution in [0.1, 0.15) is 0 Å². The number of para-hydroxylation sites is 1. The van der Waals surface area contributed by atoms with Gasteiger partial charge in [0.1, 0.15) is 11.5 Å². The lowest BCUT2D eigenvalue weighted by atomic mass is 10.2. The molecule has 1 fully saturated rings. The minimum absolute atomic E-state index is 0.00291. The number of benzene rings is 2. The molecule has 0 spiro atoms. The second-order valence-electron chi connectivity index (χ2n) is 4.70. The van der Waals surface area contributed by atoms with Crippen molar-refractivity contribution in [1.29, 1.82) is 0 Å². The van der Waals surface area contributed by atoms with Crippen LogP contribution in [0.2, 0.25) is 0 Å². The lowest BCUT2D eigenvalue weighted by Crippen LogP contribution is -2.37. The second kappa shape index (κ2) is 6.65. The highest BCUT2D eigenvalue weighted by molar-refractivity contribution is 7.99. The van der Waals surface area contributed by atoms with Gasteiger partial charge in [-0.05, 0) is 24.3 Å². The first-order chi connectivity index (χ1) is 10.3. The predicted molar refractivity (Wildman–Crippen MR) is 85.8 cm³/mol. The van der Waals surface area contributed by atoms with Gasteiger partial charge in [-0.2, -0.15) is 0 Å². The molecule has 2 N–H and O–H groups in total. The Labute approximate surface area is 127 Å². The van der Waals surface area contributed by atoms with Gasteiger partial charge in [-0.1, -0.05) is 24.3 Å². The standard InChI is InChI=1S/C16H16N2O2S/c19-16(15-10-21-11-17-15)18-12-5-4-8-14(9-12)20-13-6-2-1-3-7-13/h1-9,15,17H,10-11H2,(H,18,19). The van der Waals surface area contributed by atoms with Crippen molar-refractivity contribution in [3.05, 3.63) is 54.6 Å². The van der Waals surface area contributed by atoms with Crippen LogP contribution >= 0.6 is 11.8 Å². The fourth-order valence-electron chi connectivity index (χ4n) is 2.05. The predicted octanol–water partition coefficient (Wildman–Crippen LogP) is 3.08. The van der Waals surface area contributed by atoms with Gasteiger partial charge in [-0.25, -0.2) is 0 Å². The summed E-state index contributed by atoms with van der Waals surface area (Å²) in [5.74, 6) is 3.11. The molecule has 0 aliphatic carbocycles. The van der Waals surface area contributed by atoms with Crippen molar-refractivity contribution in [3.63, 3.8) is 0 Å². The molecule has 2 aromatic carbocycles. The van der Waals surface area contributed by atoms with Crippen molar-refractivity contribution in [2.45, 2.75) is 6.04 Å². The van der Waals surface area contributed by atoms with E-state index in [-0.39, 0.29) is 11.9 Å². The quantitative estimate of drug-likeness (QED) is 0.911. The Bertz CT molecular complexity index is 613. The Balaban J connectivity index is 1.66. The number of anilines is 1. The highest BCUT2D eigenvalue weighted by atomic mass is 32.2. The minimum atomic E-state index is -0.117. The molecule has 2 aromatic rings. The summed E-state index contributed by atoms with van der Waals surface area (Å²) >= 11 is 1.73. The summed E-state index contributed by atoms with van der Waals surface area (Å²) in [6, 6.07) is 16.9. The first kappa shape index (κ1) is 14.0. The minimum Gasteiger partial charge on any atom is -0.457 e. The van der Waals surface area contributed by atoms with Crippen LogP contribution < -0.4 is 15.4 Å². The first-order valence-electron chi connectivity index (χ1n) is 6.76. The third-order valence-corrected chi connectivity index (χ3v) is 4.05. The smallest absolute Gasteiger partial charge is 0.242 e. The monoisotopic (exact) mass is 300 g/mol. The SMILES string of the molecule is O=C(Nc1cccc(Oc2ccccc2)c1)C1CSCN1. The molecule has 1 aliphatic rings. The Morgan fingerprint density at radius 2 is 1.95 bits per heavy atom. The zero-order chi connectivity index (χ0) is 14.5. The molecule has 0 radical (unpaired) electrons. The van der Waals surface area contributed by atoms with Crippen molar-refractivity contribution in [2.24, 2.45) is 0 Å². The molecule has 1 unspecified atom stereocenters. The summed E-state index contributed by atoms with van der Waals surface area (Å²) in [6.45, 7) is 0. The van der Waals surface area contributed by atoms with Gasteiger partial charge in [0.05, 0.1) is 6.04 Å². The Kier molecular flexibility index (Phi) is 4.43. The fourth-order valence-corrected chi connectivity index (χ4v) is 3.00. The molecule has 4 nitrogen and oxygen atoms in total. The van der Waals surface area contributed by atoms with Gasteiger partial charge in [0.2, 0.25) is 5.91 Å². The number of nitrogens with one attached hydrogen (secondary N) is 2. The molecule has 0 aromatic heterocycles. The van der Waals surface area contributed by atoms with E-state index in [9.17, 15) is 4.79 Å². The van der Waals surface area contributed by atoms with Crippen molar-refractivity contribution < 1.29 is 9.53 Å². The number of carbonyl (C=O) groups is 1. The van der Waals surface area contributed by atoms with E-state index in [2.05, 4.69) is 10.6 Å². The highest BCUT2D eigenvalue weighted by Crippen LogP contribution is 2.24. The molecule has 3 rings (SSSR count). The number of hydrogen-bond donors (Lipinski definition) is 2. The number of rotatable bonds is 4. The third-order valence-electron chi connectivity index (χ3n) is 3.11. The topological polar surface area (TPSA) is 50.4 Å². The summed E-state index contributed by atoms with van der Waals surface area (Å²) < 4.78 is 5.76. The maximum Gasteiger partial charge on any atom is 0.242 e. The number of hydrogen-bond acceptors (Lipinski definition) is 4. The molecule has 1 saturated heterocycles. The van der Waals surface area contributed by atoms with Gasteiger partial charge in [0.25, 0.3) is 0 Å². The van der Waals surface area contributed by atoms with Crippen molar-refractivity contribution in [3.8, 4) is 11.5 Å². The van der Waals surface area contributed by atoms with E-state index in [0.29, 0.717) is 5.75 Å². The van der Waals surface area contributed by atoms with E-state index < -0.39 is 0 Å². The third kappa shape index (κ3) is 3.77. The average Bonchev–Trinajstić information content (AvgIpc) is 3.03. The Morgan fingerprint density at radius 1 is 1.14 bits per heavy atom. The van der Waals surface area contributed by atoms with E-state index in [0.717, 1.165) is 23.1 Å². The van der Waals surface area contributed by atoms with E-state index in [4.69, 9.17) is 4.74 Å². The number of amides is 1. The van der Waals surface area contributed by atoms with Crippen LogP contribution in [0.5, 0.6) is 11.5 Å². The number of thioether (sulfide) groups is 1. The molecule has 1 amide bonds. The van der Waals surface area contributed by atoms with Crippen LogP contribution in [0.15, 0.2) is 54.6 Å². The van der Waals surface area contributed by atoms with Gasteiger partial charge in [-0.3, -0.25) is 10.1 Å². The first-order valence-corrected chi connectivity index (χ1v) is 7.92. The average molecular weight is 300 g/mol. The van der Waals surface area contributed by atoms with Crippen LogP contribution in [0.25, 0.3) is 0 Å². The fraction of sp³-hybridized carbons (Fsp3) is 0.188. The van der Waals surface area contributed by atoms with E-state index in [1.807, 2.05) is 54.6 Å². The highest BCUT2D eigenvalue weighted by Gasteiger charge is 2.22. The van der Waals surface area contributed by atoms with Gasteiger partial charge < -0.3 is 10.1 Å². The summed E-state index contributed by atoms with van der Waals surface area (Å²) in [6.07, 6.45) is 0. The van der Waals surface area contributed by atoms with Crippen molar-refractivity contribution in [1.82, 2.24) is 5.32 Å². The van der Waals surface area contributed by atoms with E-state index in [1.54, 1.807) is 11.8 Å². The molecule has 1 aliphatic heterocycles. The van der Waals surface area contributed by atoms with Gasteiger partial charge in [0, 0.05) is 23.4 Å². The molecule has 1 atom stereocenters. The lowest BCUT2D eigenvalue weighted by molar-refractivity contribution is -0.117. The lowest BCUT2D eigenvalue weighted by Gasteiger charge is -2.12. The molecule has 21 heavy (non-hydrogen) atoms. The molecular formula is C16H16N2O2S. The Hall–Kier alpha value is -1.98. The summed E-state index contributed by atoms with van der Waals surface area (Å²) in [4.78, 5) is 12.1. The van der Waals surface area contributed by atoms with E-state index in [1.165, 1.54) is 0 Å². The van der Waals surface area contributed by atoms with Crippen LogP contribution in [-0.4, -0.2) is 23.6 Å². The number of ether oxygens (including phenoxy) is 1. The summed E-state index contributed by atoms with van der Waals surface area (Å²) in [7, 11) is 0. The zero-order valence-corrected chi connectivity index (χ0v) is 12.2. The molecule has 5 heteroatoms. The molecule has 1 heterocycles.